The molecule has 21 heavy (non-hydrogen) atoms. The van der Waals surface area contributed by atoms with Gasteiger partial charge in [-0.3, -0.25) is 9.59 Å². The van der Waals surface area contributed by atoms with Gasteiger partial charge in [-0.25, -0.2) is 0 Å². The highest BCUT2D eigenvalue weighted by Gasteiger charge is 2.07. The topological polar surface area (TPSA) is 58.2 Å². The van der Waals surface area contributed by atoms with E-state index >= 15 is 0 Å². The molecule has 0 bridgehead atoms. The minimum Gasteiger partial charge on any atom is -0.350 e. The Morgan fingerprint density at radius 3 is 2.48 bits per heavy atom. The highest BCUT2D eigenvalue weighted by atomic mass is 32.1. The maximum atomic E-state index is 11.7. The van der Waals surface area contributed by atoms with Crippen LogP contribution in [0.2, 0.25) is 0 Å². The summed E-state index contributed by atoms with van der Waals surface area (Å²) in [6.45, 7) is 2.50. The van der Waals surface area contributed by atoms with Gasteiger partial charge in [0.2, 0.25) is 11.8 Å². The van der Waals surface area contributed by atoms with E-state index in [4.69, 9.17) is 0 Å². The van der Waals surface area contributed by atoms with Crippen LogP contribution >= 0.6 is 11.3 Å². The summed E-state index contributed by atoms with van der Waals surface area (Å²) in [5.41, 5.74) is 2.23. The van der Waals surface area contributed by atoms with Crippen LogP contribution in [0.15, 0.2) is 41.8 Å². The van der Waals surface area contributed by atoms with E-state index in [1.165, 1.54) is 16.9 Å². The maximum absolute atomic E-state index is 11.7. The van der Waals surface area contributed by atoms with Gasteiger partial charge < -0.3 is 10.6 Å². The van der Waals surface area contributed by atoms with Crippen LogP contribution in [0.3, 0.4) is 0 Å². The molecule has 0 saturated carbocycles. The van der Waals surface area contributed by atoms with Crippen LogP contribution in [0.5, 0.6) is 0 Å². The SMILES string of the molecule is Cc1ccc(CNC(=O)CNC(=O)Cc2cccs2)cc1. The minimum absolute atomic E-state index is 0.00999. The monoisotopic (exact) mass is 302 g/mol. The lowest BCUT2D eigenvalue weighted by Crippen LogP contribution is -2.37. The average Bonchev–Trinajstić information content (AvgIpc) is 2.97. The van der Waals surface area contributed by atoms with Gasteiger partial charge in [-0.1, -0.05) is 35.9 Å². The second-order valence-corrected chi connectivity index (χ2v) is 5.83. The van der Waals surface area contributed by atoms with Gasteiger partial charge in [0.15, 0.2) is 0 Å². The van der Waals surface area contributed by atoms with Crippen LogP contribution in [0, 0.1) is 6.92 Å². The van der Waals surface area contributed by atoms with Crippen molar-refractivity contribution in [3.8, 4) is 0 Å². The Balaban J connectivity index is 1.67. The summed E-state index contributed by atoms with van der Waals surface area (Å²) in [4.78, 5) is 24.3. The Labute approximate surface area is 128 Å². The molecule has 110 valence electrons. The highest BCUT2D eigenvalue weighted by molar-refractivity contribution is 7.10. The number of nitrogens with one attached hydrogen (secondary N) is 2. The van der Waals surface area contributed by atoms with Crippen LogP contribution in [-0.2, 0) is 22.6 Å². The Kier molecular flexibility index (Phi) is 5.51. The van der Waals surface area contributed by atoms with Crippen molar-refractivity contribution in [2.45, 2.75) is 19.9 Å². The predicted molar refractivity (Wildman–Crippen MR) is 84.1 cm³/mol. The van der Waals surface area contributed by atoms with Gasteiger partial charge in [0.1, 0.15) is 0 Å². The lowest BCUT2D eigenvalue weighted by molar-refractivity contribution is -0.125. The van der Waals surface area contributed by atoms with E-state index in [0.717, 1.165) is 10.4 Å². The molecule has 0 spiro atoms. The molecule has 2 rings (SSSR count). The lowest BCUT2D eigenvalue weighted by atomic mass is 10.1. The number of hydrogen-bond acceptors (Lipinski definition) is 3. The summed E-state index contributed by atoms with van der Waals surface area (Å²) in [5.74, 6) is -0.321. The molecule has 4 nitrogen and oxygen atoms in total. The molecule has 1 aromatic carbocycles. The predicted octanol–water partition coefficient (Wildman–Crippen LogP) is 2.03. The summed E-state index contributed by atoms with van der Waals surface area (Å²) in [6, 6.07) is 11.8. The third-order valence-corrected chi connectivity index (χ3v) is 3.85. The van der Waals surface area contributed by atoms with Gasteiger partial charge in [-0.15, -0.1) is 11.3 Å². The Bertz CT molecular complexity index is 591. The van der Waals surface area contributed by atoms with Crippen LogP contribution in [0.4, 0.5) is 0 Å². The van der Waals surface area contributed by atoms with E-state index < -0.39 is 0 Å². The Hall–Kier alpha value is -2.14. The van der Waals surface area contributed by atoms with Crippen molar-refractivity contribution >= 4 is 23.2 Å². The Morgan fingerprint density at radius 1 is 1.05 bits per heavy atom. The van der Waals surface area contributed by atoms with E-state index in [2.05, 4.69) is 10.6 Å². The van der Waals surface area contributed by atoms with Crippen molar-refractivity contribution in [2.24, 2.45) is 0 Å². The molecule has 2 amide bonds. The zero-order valence-electron chi connectivity index (χ0n) is 11.9. The summed E-state index contributed by atoms with van der Waals surface area (Å²) in [6.07, 6.45) is 0.322. The van der Waals surface area contributed by atoms with E-state index in [0.29, 0.717) is 13.0 Å². The number of rotatable bonds is 6. The number of hydrogen-bond donors (Lipinski definition) is 2. The van der Waals surface area contributed by atoms with E-state index in [9.17, 15) is 9.59 Å². The zero-order chi connectivity index (χ0) is 15.1. The molecule has 0 atom stereocenters. The van der Waals surface area contributed by atoms with Gasteiger partial charge in [-0.05, 0) is 23.9 Å². The number of thiophene rings is 1. The van der Waals surface area contributed by atoms with Gasteiger partial charge >= 0.3 is 0 Å². The Morgan fingerprint density at radius 2 is 1.81 bits per heavy atom. The average molecular weight is 302 g/mol. The molecule has 5 heteroatoms. The molecule has 0 radical (unpaired) electrons. The standard InChI is InChI=1S/C16H18N2O2S/c1-12-4-6-13(7-5-12)10-17-16(20)11-18-15(19)9-14-3-2-8-21-14/h2-8H,9-11H2,1H3,(H,17,20)(H,18,19). The first-order valence-corrected chi connectivity index (χ1v) is 7.63. The van der Waals surface area contributed by atoms with Crippen LogP contribution < -0.4 is 10.6 Å². The second kappa shape index (κ2) is 7.59. The molecule has 0 fully saturated rings. The maximum Gasteiger partial charge on any atom is 0.239 e. The van der Waals surface area contributed by atoms with Crippen molar-refractivity contribution < 1.29 is 9.59 Å². The van der Waals surface area contributed by atoms with Crippen LogP contribution in [0.1, 0.15) is 16.0 Å². The van der Waals surface area contributed by atoms with Gasteiger partial charge in [-0.2, -0.15) is 0 Å². The molecule has 2 N–H and O–H groups in total. The molecule has 0 unspecified atom stereocenters. The number of benzene rings is 1. The number of carbonyl (C=O) groups is 2. The third kappa shape index (κ3) is 5.39. The normalized spacial score (nSPS) is 10.1. The highest BCUT2D eigenvalue weighted by Crippen LogP contribution is 2.08. The fraction of sp³-hybridized carbons (Fsp3) is 0.250. The van der Waals surface area contributed by atoms with E-state index in [-0.39, 0.29) is 18.4 Å². The number of carbonyl (C=O) groups excluding carboxylic acids is 2. The van der Waals surface area contributed by atoms with E-state index in [1.807, 2.05) is 48.7 Å². The van der Waals surface area contributed by atoms with Crippen molar-refractivity contribution in [3.05, 3.63) is 57.8 Å². The molecule has 1 heterocycles. The second-order valence-electron chi connectivity index (χ2n) is 4.80. The largest absolute Gasteiger partial charge is 0.350 e. The van der Waals surface area contributed by atoms with Crippen molar-refractivity contribution in [3.63, 3.8) is 0 Å². The zero-order valence-corrected chi connectivity index (χ0v) is 12.7. The lowest BCUT2D eigenvalue weighted by Gasteiger charge is -2.07. The van der Waals surface area contributed by atoms with Gasteiger partial charge in [0, 0.05) is 11.4 Å². The van der Waals surface area contributed by atoms with Crippen molar-refractivity contribution in [2.75, 3.05) is 6.54 Å². The van der Waals surface area contributed by atoms with Crippen LogP contribution in [0.25, 0.3) is 0 Å². The number of amides is 2. The summed E-state index contributed by atoms with van der Waals surface area (Å²) < 4.78 is 0. The first-order valence-electron chi connectivity index (χ1n) is 6.75. The number of aryl methyl sites for hydroxylation is 1. The summed E-state index contributed by atoms with van der Waals surface area (Å²) in [7, 11) is 0. The van der Waals surface area contributed by atoms with Crippen LogP contribution in [-0.4, -0.2) is 18.4 Å². The molecular formula is C16H18N2O2S. The first kappa shape index (κ1) is 15.3. The summed E-state index contributed by atoms with van der Waals surface area (Å²) >= 11 is 1.53. The van der Waals surface area contributed by atoms with Gasteiger partial charge in [0.05, 0.1) is 13.0 Å². The molecule has 0 saturated heterocycles. The molecule has 1 aromatic heterocycles. The van der Waals surface area contributed by atoms with Crippen molar-refractivity contribution in [1.29, 1.82) is 0 Å². The molecule has 2 aromatic rings. The smallest absolute Gasteiger partial charge is 0.239 e. The third-order valence-electron chi connectivity index (χ3n) is 2.97. The van der Waals surface area contributed by atoms with Gasteiger partial charge in [0.25, 0.3) is 0 Å². The molecule has 0 aliphatic carbocycles. The van der Waals surface area contributed by atoms with E-state index in [1.54, 1.807) is 0 Å². The fourth-order valence-electron chi connectivity index (χ4n) is 1.78. The molecule has 0 aliphatic heterocycles. The molecular weight excluding hydrogens is 284 g/mol. The first-order chi connectivity index (χ1) is 10.1. The quantitative estimate of drug-likeness (QED) is 0.858. The molecule has 0 aliphatic rings. The fourth-order valence-corrected chi connectivity index (χ4v) is 2.49. The summed E-state index contributed by atoms with van der Waals surface area (Å²) in [5, 5.41) is 7.33. The van der Waals surface area contributed by atoms with Crippen molar-refractivity contribution in [1.82, 2.24) is 10.6 Å². The minimum atomic E-state index is -0.185.